The summed E-state index contributed by atoms with van der Waals surface area (Å²) in [6.45, 7) is 0.730. The zero-order chi connectivity index (χ0) is 18.1. The summed E-state index contributed by atoms with van der Waals surface area (Å²) in [5.41, 5.74) is 1.69. The normalized spacial score (nSPS) is 10.6. The highest BCUT2D eigenvalue weighted by Crippen LogP contribution is 2.26. The van der Waals surface area contributed by atoms with E-state index >= 15 is 0 Å². The van der Waals surface area contributed by atoms with Crippen LogP contribution in [0.3, 0.4) is 0 Å². The molecular weight excluding hydrogens is 359 g/mol. The molecule has 0 atom stereocenters. The van der Waals surface area contributed by atoms with Crippen molar-refractivity contribution >= 4 is 41.1 Å². The van der Waals surface area contributed by atoms with Crippen LogP contribution in [-0.4, -0.2) is 18.4 Å². The minimum absolute atomic E-state index is 0.119. The number of carbonyl (C=O) groups is 2. The zero-order valence-electron chi connectivity index (χ0n) is 13.5. The van der Waals surface area contributed by atoms with E-state index in [4.69, 9.17) is 23.2 Å². The van der Waals surface area contributed by atoms with Crippen molar-refractivity contribution in [2.45, 2.75) is 13.0 Å². The smallest absolute Gasteiger partial charge is 0.244 e. The predicted molar refractivity (Wildman–Crippen MR) is 101 cm³/mol. The molecule has 0 bridgehead atoms. The Morgan fingerprint density at radius 3 is 2.48 bits per heavy atom. The van der Waals surface area contributed by atoms with Gasteiger partial charge in [0, 0.05) is 25.6 Å². The third-order valence-electron chi connectivity index (χ3n) is 3.38. The lowest BCUT2D eigenvalue weighted by Crippen LogP contribution is -2.29. The molecular formula is C19H18Cl2N2O2. The molecule has 2 amide bonds. The van der Waals surface area contributed by atoms with Gasteiger partial charge in [-0.25, -0.2) is 0 Å². The number of halogens is 2. The summed E-state index contributed by atoms with van der Waals surface area (Å²) >= 11 is 12.0. The number of carbonyl (C=O) groups excluding carboxylic acids is 2. The highest BCUT2D eigenvalue weighted by molar-refractivity contribution is 6.42. The van der Waals surface area contributed by atoms with Gasteiger partial charge >= 0.3 is 0 Å². The highest BCUT2D eigenvalue weighted by atomic mass is 35.5. The Labute approximate surface area is 156 Å². The SMILES string of the molecule is O=C(/C=C/c1cccc(Cl)c1Cl)NCCC(=O)NCc1ccccc1. The lowest BCUT2D eigenvalue weighted by Gasteiger charge is -2.06. The number of amides is 2. The van der Waals surface area contributed by atoms with Gasteiger partial charge in [-0.15, -0.1) is 0 Å². The summed E-state index contributed by atoms with van der Waals surface area (Å²) in [7, 11) is 0. The molecule has 130 valence electrons. The molecule has 2 rings (SSSR count). The molecule has 0 aromatic heterocycles. The molecule has 0 fully saturated rings. The third-order valence-corrected chi connectivity index (χ3v) is 4.21. The molecule has 0 unspecified atom stereocenters. The van der Waals surface area contributed by atoms with E-state index in [9.17, 15) is 9.59 Å². The van der Waals surface area contributed by atoms with Gasteiger partial charge in [0.05, 0.1) is 10.0 Å². The second-order valence-electron chi connectivity index (χ2n) is 5.28. The molecule has 25 heavy (non-hydrogen) atoms. The van der Waals surface area contributed by atoms with Gasteiger partial charge in [-0.2, -0.15) is 0 Å². The Hall–Kier alpha value is -2.30. The van der Waals surface area contributed by atoms with E-state index in [1.54, 1.807) is 24.3 Å². The summed E-state index contributed by atoms with van der Waals surface area (Å²) in [5, 5.41) is 6.28. The van der Waals surface area contributed by atoms with E-state index in [2.05, 4.69) is 10.6 Å². The number of hydrogen-bond acceptors (Lipinski definition) is 2. The van der Waals surface area contributed by atoms with Crippen molar-refractivity contribution in [2.75, 3.05) is 6.54 Å². The van der Waals surface area contributed by atoms with Gasteiger partial charge in [0.15, 0.2) is 0 Å². The molecule has 2 aromatic rings. The Balaban J connectivity index is 1.70. The zero-order valence-corrected chi connectivity index (χ0v) is 15.0. The number of rotatable bonds is 7. The van der Waals surface area contributed by atoms with Crippen LogP contribution in [-0.2, 0) is 16.1 Å². The van der Waals surface area contributed by atoms with Crippen molar-refractivity contribution in [3.05, 3.63) is 75.8 Å². The van der Waals surface area contributed by atoms with Crippen molar-refractivity contribution in [2.24, 2.45) is 0 Å². The van der Waals surface area contributed by atoms with Crippen LogP contribution in [0.5, 0.6) is 0 Å². The molecule has 0 saturated carbocycles. The quantitative estimate of drug-likeness (QED) is 0.721. The highest BCUT2D eigenvalue weighted by Gasteiger charge is 2.04. The van der Waals surface area contributed by atoms with E-state index in [-0.39, 0.29) is 24.8 Å². The lowest BCUT2D eigenvalue weighted by molar-refractivity contribution is -0.121. The predicted octanol–water partition coefficient (Wildman–Crippen LogP) is 3.83. The first-order valence-electron chi connectivity index (χ1n) is 7.77. The summed E-state index contributed by atoms with van der Waals surface area (Å²) in [5.74, 6) is -0.419. The first-order chi connectivity index (χ1) is 12.1. The minimum Gasteiger partial charge on any atom is -0.352 e. The fourth-order valence-electron chi connectivity index (χ4n) is 2.06. The maximum atomic E-state index is 11.8. The molecule has 0 aliphatic carbocycles. The van der Waals surface area contributed by atoms with E-state index < -0.39 is 0 Å². The molecule has 2 aromatic carbocycles. The van der Waals surface area contributed by atoms with Crippen LogP contribution in [0.15, 0.2) is 54.6 Å². The fourth-order valence-corrected chi connectivity index (χ4v) is 2.43. The minimum atomic E-state index is -0.299. The van der Waals surface area contributed by atoms with E-state index in [1.807, 2.05) is 30.3 Å². The summed E-state index contributed by atoms with van der Waals surface area (Å²) in [4.78, 5) is 23.5. The molecule has 0 heterocycles. The summed E-state index contributed by atoms with van der Waals surface area (Å²) < 4.78 is 0. The molecule has 0 radical (unpaired) electrons. The van der Waals surface area contributed by atoms with Gasteiger partial charge in [0.25, 0.3) is 0 Å². The van der Waals surface area contributed by atoms with Gasteiger partial charge in [-0.1, -0.05) is 65.7 Å². The third kappa shape index (κ3) is 6.61. The average Bonchev–Trinajstić information content (AvgIpc) is 2.62. The van der Waals surface area contributed by atoms with Crippen LogP contribution < -0.4 is 10.6 Å². The van der Waals surface area contributed by atoms with Gasteiger partial charge in [0.1, 0.15) is 0 Å². The average molecular weight is 377 g/mol. The second-order valence-corrected chi connectivity index (χ2v) is 6.06. The van der Waals surface area contributed by atoms with E-state index in [0.717, 1.165) is 5.56 Å². The Morgan fingerprint density at radius 2 is 1.72 bits per heavy atom. The van der Waals surface area contributed by atoms with Crippen LogP contribution in [0.25, 0.3) is 6.08 Å². The van der Waals surface area contributed by atoms with E-state index in [1.165, 1.54) is 6.08 Å². The molecule has 2 N–H and O–H groups in total. The maximum Gasteiger partial charge on any atom is 0.244 e. The maximum absolute atomic E-state index is 11.8. The van der Waals surface area contributed by atoms with Crippen molar-refractivity contribution in [3.63, 3.8) is 0 Å². The van der Waals surface area contributed by atoms with Crippen molar-refractivity contribution < 1.29 is 9.59 Å². The van der Waals surface area contributed by atoms with Gasteiger partial charge < -0.3 is 10.6 Å². The molecule has 4 nitrogen and oxygen atoms in total. The van der Waals surface area contributed by atoms with Crippen LogP contribution in [0.4, 0.5) is 0 Å². The lowest BCUT2D eigenvalue weighted by atomic mass is 10.2. The van der Waals surface area contributed by atoms with Crippen LogP contribution in [0.1, 0.15) is 17.5 Å². The topological polar surface area (TPSA) is 58.2 Å². The first kappa shape index (κ1) is 19.0. The van der Waals surface area contributed by atoms with Crippen molar-refractivity contribution in [1.82, 2.24) is 10.6 Å². The molecule has 0 aliphatic heterocycles. The van der Waals surface area contributed by atoms with Gasteiger partial charge in [-0.05, 0) is 23.3 Å². The first-order valence-corrected chi connectivity index (χ1v) is 8.52. The van der Waals surface area contributed by atoms with Gasteiger partial charge in [-0.3, -0.25) is 9.59 Å². The van der Waals surface area contributed by atoms with Gasteiger partial charge in [0.2, 0.25) is 11.8 Å². The number of benzene rings is 2. The Kier molecular flexibility index (Phi) is 7.51. The summed E-state index contributed by atoms with van der Waals surface area (Å²) in [6.07, 6.45) is 3.16. The monoisotopic (exact) mass is 376 g/mol. The van der Waals surface area contributed by atoms with Crippen molar-refractivity contribution in [1.29, 1.82) is 0 Å². The number of nitrogens with one attached hydrogen (secondary N) is 2. The van der Waals surface area contributed by atoms with E-state index in [0.29, 0.717) is 22.2 Å². The largest absolute Gasteiger partial charge is 0.352 e. The second kappa shape index (κ2) is 9.87. The number of hydrogen-bond donors (Lipinski definition) is 2. The van der Waals surface area contributed by atoms with Crippen molar-refractivity contribution in [3.8, 4) is 0 Å². The van der Waals surface area contributed by atoms with Crippen LogP contribution >= 0.6 is 23.2 Å². The fraction of sp³-hybridized carbons (Fsp3) is 0.158. The van der Waals surface area contributed by atoms with Crippen LogP contribution in [0, 0.1) is 0 Å². The Bertz CT molecular complexity index is 761. The molecule has 0 aliphatic rings. The molecule has 0 saturated heterocycles. The molecule has 6 heteroatoms. The Morgan fingerprint density at radius 1 is 0.960 bits per heavy atom. The van der Waals surface area contributed by atoms with Crippen LogP contribution in [0.2, 0.25) is 10.0 Å². The summed E-state index contributed by atoms with van der Waals surface area (Å²) in [6, 6.07) is 14.8. The standard InChI is InChI=1S/C19H18Cl2N2O2/c20-16-8-4-7-15(19(16)21)9-10-17(24)22-12-11-18(25)23-13-14-5-2-1-3-6-14/h1-10H,11-13H2,(H,22,24)(H,23,25)/b10-9+. The molecule has 0 spiro atoms.